The summed E-state index contributed by atoms with van der Waals surface area (Å²) < 4.78 is 0. The molecule has 0 saturated carbocycles. The highest BCUT2D eigenvalue weighted by molar-refractivity contribution is 7.13. The summed E-state index contributed by atoms with van der Waals surface area (Å²) in [6, 6.07) is 0. The third-order valence-electron chi connectivity index (χ3n) is 3.99. The molecule has 7 nitrogen and oxygen atoms in total. The van der Waals surface area contributed by atoms with Crippen molar-refractivity contribution in [1.82, 2.24) is 19.9 Å². The molecule has 1 N–H and O–H groups in total. The smallest absolute Gasteiger partial charge is 0.254 e. The van der Waals surface area contributed by atoms with E-state index in [1.807, 2.05) is 10.3 Å². The minimum Gasteiger partial charge on any atom is -0.345 e. The van der Waals surface area contributed by atoms with E-state index >= 15 is 0 Å². The number of hydrogen-bond acceptors (Lipinski definition) is 6. The number of nitrogens with zero attached hydrogens (tertiary/aromatic N) is 4. The van der Waals surface area contributed by atoms with Gasteiger partial charge in [-0.05, 0) is 13.8 Å². The molecule has 0 atom stereocenters. The van der Waals surface area contributed by atoms with Crippen LogP contribution in [0.25, 0.3) is 0 Å². The minimum atomic E-state index is -0.218. The Morgan fingerprint density at radius 3 is 2.65 bits per heavy atom. The number of aromatic nitrogens is 3. The topological polar surface area (TPSA) is 82.2 Å². The second kappa shape index (κ2) is 6.49. The monoisotopic (exact) mass is 333 g/mol. The van der Waals surface area contributed by atoms with Gasteiger partial charge in [0.15, 0.2) is 5.13 Å². The number of thiazole rings is 1. The Balaban J connectivity index is 1.63. The molecular formula is C15H19N5O2S. The summed E-state index contributed by atoms with van der Waals surface area (Å²) in [5.74, 6) is 0.545. The van der Waals surface area contributed by atoms with Gasteiger partial charge in [-0.1, -0.05) is 0 Å². The highest BCUT2D eigenvalue weighted by Gasteiger charge is 2.23. The van der Waals surface area contributed by atoms with E-state index in [2.05, 4.69) is 19.9 Å². The molecule has 1 fully saturated rings. The number of piperazine rings is 1. The maximum atomic E-state index is 12.5. The van der Waals surface area contributed by atoms with E-state index in [1.54, 1.807) is 31.4 Å². The van der Waals surface area contributed by atoms with Crippen molar-refractivity contribution in [2.75, 3.05) is 31.1 Å². The van der Waals surface area contributed by atoms with Gasteiger partial charge >= 0.3 is 0 Å². The van der Waals surface area contributed by atoms with Crippen molar-refractivity contribution in [2.24, 2.45) is 0 Å². The maximum Gasteiger partial charge on any atom is 0.254 e. The van der Waals surface area contributed by atoms with Crippen molar-refractivity contribution < 1.29 is 4.79 Å². The molecule has 2 aromatic heterocycles. The molecule has 122 valence electrons. The van der Waals surface area contributed by atoms with E-state index in [9.17, 15) is 9.59 Å². The molecule has 1 aliphatic heterocycles. The summed E-state index contributed by atoms with van der Waals surface area (Å²) in [5, 5.41) is 2.94. The molecule has 3 rings (SSSR count). The van der Waals surface area contributed by atoms with Crippen molar-refractivity contribution in [1.29, 1.82) is 0 Å². The molecule has 0 bridgehead atoms. The van der Waals surface area contributed by atoms with E-state index < -0.39 is 0 Å². The molecule has 1 saturated heterocycles. The first-order chi connectivity index (χ1) is 11.0. The van der Waals surface area contributed by atoms with Crippen LogP contribution in [0.15, 0.2) is 16.4 Å². The predicted octanol–water partition coefficient (Wildman–Crippen LogP) is 0.735. The highest BCUT2D eigenvalue weighted by Crippen LogP contribution is 2.19. The molecule has 3 heterocycles. The van der Waals surface area contributed by atoms with Crippen molar-refractivity contribution in [3.63, 3.8) is 0 Å². The van der Waals surface area contributed by atoms with Crippen LogP contribution in [0.4, 0.5) is 5.13 Å². The van der Waals surface area contributed by atoms with Gasteiger partial charge in [-0.25, -0.2) is 9.97 Å². The molecule has 0 spiro atoms. The normalized spacial score (nSPS) is 15.0. The van der Waals surface area contributed by atoms with Gasteiger partial charge in [0.1, 0.15) is 5.82 Å². The second-order valence-corrected chi connectivity index (χ2v) is 6.45. The number of aryl methyl sites for hydroxylation is 2. The molecular weight excluding hydrogens is 314 g/mol. The van der Waals surface area contributed by atoms with Crippen molar-refractivity contribution >= 4 is 22.4 Å². The lowest BCUT2D eigenvalue weighted by molar-refractivity contribution is -0.130. The van der Waals surface area contributed by atoms with E-state index in [-0.39, 0.29) is 17.9 Å². The zero-order valence-electron chi connectivity index (χ0n) is 13.2. The van der Waals surface area contributed by atoms with Gasteiger partial charge in [0.05, 0.1) is 6.42 Å². The molecule has 0 aliphatic carbocycles. The van der Waals surface area contributed by atoms with Crippen LogP contribution in [0.2, 0.25) is 0 Å². The van der Waals surface area contributed by atoms with Gasteiger partial charge in [0.2, 0.25) is 5.91 Å². The quantitative estimate of drug-likeness (QED) is 0.896. The third-order valence-corrected chi connectivity index (χ3v) is 4.82. The van der Waals surface area contributed by atoms with Gasteiger partial charge < -0.3 is 14.8 Å². The van der Waals surface area contributed by atoms with E-state index in [4.69, 9.17) is 0 Å². The van der Waals surface area contributed by atoms with Crippen LogP contribution >= 0.6 is 11.3 Å². The number of hydrogen-bond donors (Lipinski definition) is 1. The van der Waals surface area contributed by atoms with Gasteiger partial charge in [0.25, 0.3) is 5.56 Å². The highest BCUT2D eigenvalue weighted by atomic mass is 32.1. The summed E-state index contributed by atoms with van der Waals surface area (Å²) in [4.78, 5) is 39.7. The molecule has 1 amide bonds. The van der Waals surface area contributed by atoms with Crippen LogP contribution in [-0.4, -0.2) is 51.9 Å². The van der Waals surface area contributed by atoms with Gasteiger partial charge in [-0.2, -0.15) is 0 Å². The molecule has 0 unspecified atom stereocenters. The summed E-state index contributed by atoms with van der Waals surface area (Å²) in [6.07, 6.45) is 1.89. The molecule has 0 radical (unpaired) electrons. The Kier molecular flexibility index (Phi) is 4.42. The summed E-state index contributed by atoms with van der Waals surface area (Å²) in [6.45, 7) is 6.33. The number of aromatic amines is 1. The fraction of sp³-hybridized carbons (Fsp3) is 0.467. The first-order valence-electron chi connectivity index (χ1n) is 7.53. The number of nitrogens with one attached hydrogen (secondary N) is 1. The maximum absolute atomic E-state index is 12.5. The summed E-state index contributed by atoms with van der Waals surface area (Å²) in [5.41, 5.74) is 0.869. The molecule has 1 aliphatic rings. The fourth-order valence-corrected chi connectivity index (χ4v) is 3.44. The van der Waals surface area contributed by atoms with E-state index in [0.717, 1.165) is 18.2 Å². The van der Waals surface area contributed by atoms with E-state index in [1.165, 1.54) is 0 Å². The first-order valence-corrected chi connectivity index (χ1v) is 8.41. The lowest BCUT2D eigenvalue weighted by Gasteiger charge is -2.34. The molecule has 23 heavy (non-hydrogen) atoms. The SMILES string of the molecule is Cc1nc(C)c(CC(=O)N2CCN(c3nccs3)CC2)c(=O)[nH]1. The number of carbonyl (C=O) groups is 1. The zero-order valence-corrected chi connectivity index (χ0v) is 14.0. The second-order valence-electron chi connectivity index (χ2n) is 5.57. The molecule has 2 aromatic rings. The van der Waals surface area contributed by atoms with E-state index in [0.29, 0.717) is 30.2 Å². The number of carbonyl (C=O) groups excluding carboxylic acids is 1. The van der Waals surface area contributed by atoms with Crippen LogP contribution in [0.3, 0.4) is 0 Å². The Morgan fingerprint density at radius 2 is 2.04 bits per heavy atom. The van der Waals surface area contributed by atoms with Crippen LogP contribution in [0, 0.1) is 13.8 Å². The number of anilines is 1. The average molecular weight is 333 g/mol. The van der Waals surface area contributed by atoms with Crippen LogP contribution < -0.4 is 10.5 Å². The standard InChI is InChI=1S/C15H19N5O2S/c1-10-12(14(22)18-11(2)17-10)9-13(21)19-4-6-20(7-5-19)15-16-3-8-23-15/h3,8H,4-7,9H2,1-2H3,(H,17,18,22). The van der Waals surface area contributed by atoms with Crippen LogP contribution in [0.1, 0.15) is 17.1 Å². The summed E-state index contributed by atoms with van der Waals surface area (Å²) in [7, 11) is 0. The van der Waals surface area contributed by atoms with Crippen molar-refractivity contribution in [3.8, 4) is 0 Å². The number of rotatable bonds is 3. The Labute approximate surface area is 138 Å². The zero-order chi connectivity index (χ0) is 16.4. The minimum absolute atomic E-state index is 0.0250. The lowest BCUT2D eigenvalue weighted by Crippen LogP contribution is -2.49. The van der Waals surface area contributed by atoms with Crippen LogP contribution in [0.5, 0.6) is 0 Å². The van der Waals surface area contributed by atoms with Crippen molar-refractivity contribution in [3.05, 3.63) is 39.0 Å². The lowest BCUT2D eigenvalue weighted by atomic mass is 10.1. The van der Waals surface area contributed by atoms with Gasteiger partial charge in [-0.3, -0.25) is 9.59 Å². The Hall–Kier alpha value is -2.22. The molecule has 8 heteroatoms. The predicted molar refractivity (Wildman–Crippen MR) is 88.9 cm³/mol. The average Bonchev–Trinajstić information content (AvgIpc) is 3.05. The number of H-pyrrole nitrogens is 1. The Morgan fingerprint density at radius 1 is 1.30 bits per heavy atom. The van der Waals surface area contributed by atoms with Gasteiger partial charge in [0, 0.05) is 49.0 Å². The Bertz CT molecular complexity index is 748. The fourth-order valence-electron chi connectivity index (χ4n) is 2.74. The molecule has 0 aromatic carbocycles. The third kappa shape index (κ3) is 3.42. The number of amides is 1. The largest absolute Gasteiger partial charge is 0.345 e. The van der Waals surface area contributed by atoms with Crippen LogP contribution in [-0.2, 0) is 11.2 Å². The first kappa shape index (κ1) is 15.7. The van der Waals surface area contributed by atoms with Gasteiger partial charge in [-0.15, -0.1) is 11.3 Å². The summed E-state index contributed by atoms with van der Waals surface area (Å²) >= 11 is 1.60. The van der Waals surface area contributed by atoms with Crippen molar-refractivity contribution in [2.45, 2.75) is 20.3 Å².